The van der Waals surface area contributed by atoms with Crippen LogP contribution in [0, 0.1) is 18.3 Å². The third kappa shape index (κ3) is 4.97. The predicted octanol–water partition coefficient (Wildman–Crippen LogP) is 4.83. The van der Waals surface area contributed by atoms with Gasteiger partial charge in [-0.05, 0) is 43.2 Å². The zero-order valence-corrected chi connectivity index (χ0v) is 16.1. The molecule has 1 N–H and O–H groups in total. The highest BCUT2D eigenvalue weighted by atomic mass is 32.2. The van der Waals surface area contributed by atoms with Crippen LogP contribution in [-0.2, 0) is 6.42 Å². The van der Waals surface area contributed by atoms with Gasteiger partial charge < -0.3 is 10.1 Å². The van der Waals surface area contributed by atoms with Gasteiger partial charge in [0.15, 0.2) is 4.34 Å². The third-order valence-corrected chi connectivity index (χ3v) is 5.69. The number of benzene rings is 2. The van der Waals surface area contributed by atoms with E-state index in [1.165, 1.54) is 28.7 Å². The number of nitrogens with zero attached hydrogens (tertiary/aromatic N) is 3. The van der Waals surface area contributed by atoms with Crippen molar-refractivity contribution in [1.82, 2.24) is 10.2 Å². The second-order valence-electron chi connectivity index (χ2n) is 5.65. The number of thioether (sulfide) groups is 1. The number of aryl methyl sites for hydroxylation is 1. The molecule has 132 valence electrons. The highest BCUT2D eigenvalue weighted by molar-refractivity contribution is 8.01. The first kappa shape index (κ1) is 18.2. The van der Waals surface area contributed by atoms with Gasteiger partial charge in [-0.15, -0.1) is 10.2 Å². The molecule has 0 bridgehead atoms. The summed E-state index contributed by atoms with van der Waals surface area (Å²) in [4.78, 5) is 0. The Bertz CT molecular complexity index is 885. The molecule has 0 saturated heterocycles. The van der Waals surface area contributed by atoms with Crippen molar-refractivity contribution in [2.75, 3.05) is 12.4 Å². The lowest BCUT2D eigenvalue weighted by atomic mass is 10.1. The summed E-state index contributed by atoms with van der Waals surface area (Å²) in [6.45, 7) is 2.05. The second kappa shape index (κ2) is 8.70. The SMILES string of the molecule is COc1ccc(Nc2nnc(SC(C#N)Cc3ccc(C)cc3)s2)cc1. The fourth-order valence-corrected chi connectivity index (χ4v) is 4.21. The van der Waals surface area contributed by atoms with Crippen molar-refractivity contribution in [2.45, 2.75) is 22.9 Å². The molecule has 0 aliphatic carbocycles. The molecule has 1 atom stereocenters. The monoisotopic (exact) mass is 382 g/mol. The maximum absolute atomic E-state index is 9.45. The summed E-state index contributed by atoms with van der Waals surface area (Å²) in [5.41, 5.74) is 3.28. The number of nitrogens with one attached hydrogen (secondary N) is 1. The number of aromatic nitrogens is 2. The van der Waals surface area contributed by atoms with Gasteiger partial charge in [-0.25, -0.2) is 0 Å². The van der Waals surface area contributed by atoms with Gasteiger partial charge in [-0.2, -0.15) is 5.26 Å². The normalized spacial score (nSPS) is 11.6. The molecule has 2 aromatic carbocycles. The average Bonchev–Trinajstić information content (AvgIpc) is 3.10. The zero-order valence-electron chi connectivity index (χ0n) is 14.5. The van der Waals surface area contributed by atoms with Crippen molar-refractivity contribution in [3.63, 3.8) is 0 Å². The standard InChI is InChI=1S/C19H18N4OS2/c1-13-3-5-14(6-4-13)11-17(12-20)25-19-23-22-18(26-19)21-15-7-9-16(24-2)10-8-15/h3-10,17H,11H2,1-2H3,(H,21,22). The topological polar surface area (TPSA) is 70.8 Å². The van der Waals surface area contributed by atoms with Crippen LogP contribution in [0.25, 0.3) is 0 Å². The fourth-order valence-electron chi connectivity index (χ4n) is 2.28. The third-order valence-electron chi connectivity index (χ3n) is 3.68. The number of hydrogen-bond acceptors (Lipinski definition) is 7. The molecule has 5 nitrogen and oxygen atoms in total. The molecule has 0 aliphatic heterocycles. The van der Waals surface area contributed by atoms with E-state index < -0.39 is 0 Å². The molecule has 7 heteroatoms. The number of methoxy groups -OCH3 is 1. The second-order valence-corrected chi connectivity index (χ2v) is 8.08. The minimum Gasteiger partial charge on any atom is -0.497 e. The Labute approximate surface area is 161 Å². The summed E-state index contributed by atoms with van der Waals surface area (Å²) < 4.78 is 5.93. The predicted molar refractivity (Wildman–Crippen MR) is 106 cm³/mol. The first-order valence-electron chi connectivity index (χ1n) is 8.02. The zero-order chi connectivity index (χ0) is 18.4. The van der Waals surface area contributed by atoms with Crippen molar-refractivity contribution in [3.05, 3.63) is 59.7 Å². The number of ether oxygens (including phenoxy) is 1. The molecule has 3 aromatic rings. The molecule has 0 aliphatic rings. The molecular weight excluding hydrogens is 364 g/mol. The van der Waals surface area contributed by atoms with Gasteiger partial charge in [0.25, 0.3) is 0 Å². The van der Waals surface area contributed by atoms with Crippen molar-refractivity contribution in [1.29, 1.82) is 5.26 Å². The summed E-state index contributed by atoms with van der Waals surface area (Å²) in [5.74, 6) is 0.803. The molecule has 1 aromatic heterocycles. The Kier molecular flexibility index (Phi) is 6.10. The lowest BCUT2D eigenvalue weighted by Crippen LogP contribution is -2.03. The fraction of sp³-hybridized carbons (Fsp3) is 0.211. The van der Waals surface area contributed by atoms with Crippen LogP contribution in [0.5, 0.6) is 5.75 Å². The van der Waals surface area contributed by atoms with Gasteiger partial charge in [-0.3, -0.25) is 0 Å². The van der Waals surface area contributed by atoms with Gasteiger partial charge in [0.05, 0.1) is 13.2 Å². The van der Waals surface area contributed by atoms with E-state index in [4.69, 9.17) is 4.74 Å². The van der Waals surface area contributed by atoms with E-state index in [2.05, 4.69) is 52.8 Å². The van der Waals surface area contributed by atoms with Crippen LogP contribution in [0.4, 0.5) is 10.8 Å². The summed E-state index contributed by atoms with van der Waals surface area (Å²) in [6, 6.07) is 18.2. The van der Waals surface area contributed by atoms with Crippen molar-refractivity contribution >= 4 is 33.9 Å². The van der Waals surface area contributed by atoms with Crippen molar-refractivity contribution < 1.29 is 4.74 Å². The Balaban J connectivity index is 1.60. The molecular formula is C19H18N4OS2. The maximum atomic E-state index is 9.45. The summed E-state index contributed by atoms with van der Waals surface area (Å²) >= 11 is 2.89. The highest BCUT2D eigenvalue weighted by Crippen LogP contribution is 2.31. The van der Waals surface area contributed by atoms with E-state index in [-0.39, 0.29) is 5.25 Å². The van der Waals surface area contributed by atoms with Crippen LogP contribution in [0.2, 0.25) is 0 Å². The van der Waals surface area contributed by atoms with Gasteiger partial charge >= 0.3 is 0 Å². The first-order chi connectivity index (χ1) is 12.7. The molecule has 1 unspecified atom stereocenters. The van der Waals surface area contributed by atoms with Gasteiger partial charge in [0.1, 0.15) is 11.0 Å². The summed E-state index contributed by atoms with van der Waals surface area (Å²) in [5, 5.41) is 21.5. The molecule has 3 rings (SSSR count). The quantitative estimate of drug-likeness (QED) is 0.590. The van der Waals surface area contributed by atoms with Crippen molar-refractivity contribution in [3.8, 4) is 11.8 Å². The molecule has 26 heavy (non-hydrogen) atoms. The molecule has 0 spiro atoms. The molecule has 1 heterocycles. The van der Waals surface area contributed by atoms with E-state index in [1.807, 2.05) is 24.3 Å². The number of hydrogen-bond donors (Lipinski definition) is 1. The summed E-state index contributed by atoms with van der Waals surface area (Å²) in [6.07, 6.45) is 0.683. The van der Waals surface area contributed by atoms with E-state index in [0.29, 0.717) is 11.6 Å². The highest BCUT2D eigenvalue weighted by Gasteiger charge is 2.14. The largest absolute Gasteiger partial charge is 0.497 e. The molecule has 0 amide bonds. The van der Waals surface area contributed by atoms with E-state index in [1.54, 1.807) is 7.11 Å². The van der Waals surface area contributed by atoms with E-state index >= 15 is 0 Å². The van der Waals surface area contributed by atoms with E-state index in [9.17, 15) is 5.26 Å². The van der Waals surface area contributed by atoms with Crippen LogP contribution in [-0.4, -0.2) is 22.6 Å². The number of rotatable bonds is 7. The van der Waals surface area contributed by atoms with Gasteiger partial charge in [0, 0.05) is 5.69 Å². The van der Waals surface area contributed by atoms with Gasteiger partial charge in [0.2, 0.25) is 5.13 Å². The van der Waals surface area contributed by atoms with E-state index in [0.717, 1.165) is 21.3 Å². The summed E-state index contributed by atoms with van der Waals surface area (Å²) in [7, 11) is 1.64. The lowest BCUT2D eigenvalue weighted by molar-refractivity contribution is 0.415. The Morgan fingerprint density at radius 2 is 1.88 bits per heavy atom. The minimum atomic E-state index is -0.195. The Morgan fingerprint density at radius 1 is 1.15 bits per heavy atom. The average molecular weight is 383 g/mol. The van der Waals surface area contributed by atoms with Crippen LogP contribution >= 0.6 is 23.1 Å². The molecule has 0 saturated carbocycles. The first-order valence-corrected chi connectivity index (χ1v) is 9.72. The van der Waals surface area contributed by atoms with Crippen LogP contribution < -0.4 is 10.1 Å². The van der Waals surface area contributed by atoms with Crippen LogP contribution in [0.1, 0.15) is 11.1 Å². The number of nitriles is 1. The van der Waals surface area contributed by atoms with Crippen LogP contribution in [0.3, 0.4) is 0 Å². The number of anilines is 2. The molecule has 0 fully saturated rings. The maximum Gasteiger partial charge on any atom is 0.210 e. The Morgan fingerprint density at radius 3 is 2.54 bits per heavy atom. The van der Waals surface area contributed by atoms with Gasteiger partial charge in [-0.1, -0.05) is 52.9 Å². The van der Waals surface area contributed by atoms with Crippen LogP contribution in [0.15, 0.2) is 52.9 Å². The minimum absolute atomic E-state index is 0.195. The lowest BCUT2D eigenvalue weighted by Gasteiger charge is -2.06. The van der Waals surface area contributed by atoms with Crippen molar-refractivity contribution in [2.24, 2.45) is 0 Å². The molecule has 0 radical (unpaired) electrons. The Hall–Kier alpha value is -2.56. The smallest absolute Gasteiger partial charge is 0.210 e.